The predicted molar refractivity (Wildman–Crippen MR) is 128 cm³/mol. The molecule has 8 heteroatoms. The second kappa shape index (κ2) is 8.41. The van der Waals surface area contributed by atoms with E-state index in [1.807, 2.05) is 18.2 Å². The number of aromatic nitrogens is 2. The lowest BCUT2D eigenvalue weighted by Gasteiger charge is -2.13. The summed E-state index contributed by atoms with van der Waals surface area (Å²) in [4.78, 5) is 41.6. The van der Waals surface area contributed by atoms with Gasteiger partial charge in [0.2, 0.25) is 5.91 Å². The van der Waals surface area contributed by atoms with Crippen LogP contribution in [0.15, 0.2) is 64.2 Å². The van der Waals surface area contributed by atoms with E-state index >= 15 is 0 Å². The number of fused-ring (bicyclic) bond motifs is 3. The van der Waals surface area contributed by atoms with Crippen molar-refractivity contribution in [3.63, 3.8) is 0 Å². The third-order valence-electron chi connectivity index (χ3n) is 5.68. The fourth-order valence-electron chi connectivity index (χ4n) is 4.19. The molecule has 5 rings (SSSR count). The van der Waals surface area contributed by atoms with Gasteiger partial charge in [0, 0.05) is 15.6 Å². The molecule has 4 aromatic rings. The Morgan fingerprint density at radius 3 is 2.47 bits per heavy atom. The van der Waals surface area contributed by atoms with Crippen molar-refractivity contribution in [2.24, 2.45) is 0 Å². The Bertz CT molecular complexity index is 1440. The van der Waals surface area contributed by atoms with Gasteiger partial charge in [-0.15, -0.1) is 11.3 Å². The molecule has 1 amide bonds. The Hall–Kier alpha value is -3.16. The Balaban J connectivity index is 1.69. The normalized spacial score (nSPS) is 13.2. The first-order valence-electron chi connectivity index (χ1n) is 10.4. The molecule has 1 aliphatic carbocycles. The van der Waals surface area contributed by atoms with Gasteiger partial charge in [-0.25, -0.2) is 9.36 Å². The summed E-state index contributed by atoms with van der Waals surface area (Å²) in [5.74, 6) is -0.327. The van der Waals surface area contributed by atoms with Gasteiger partial charge in [-0.3, -0.25) is 14.2 Å². The number of hydrogen-bond acceptors (Lipinski definition) is 4. The van der Waals surface area contributed by atoms with E-state index in [0.29, 0.717) is 26.6 Å². The Morgan fingerprint density at radius 2 is 1.72 bits per heavy atom. The number of nitrogens with zero attached hydrogens (tertiary/aromatic N) is 2. The van der Waals surface area contributed by atoms with Crippen molar-refractivity contribution in [2.45, 2.75) is 32.2 Å². The van der Waals surface area contributed by atoms with Crippen LogP contribution >= 0.6 is 22.9 Å². The first-order chi connectivity index (χ1) is 15.5. The van der Waals surface area contributed by atoms with Crippen molar-refractivity contribution in [3.8, 4) is 5.69 Å². The highest BCUT2D eigenvalue weighted by Gasteiger charge is 2.25. The zero-order valence-electron chi connectivity index (χ0n) is 17.1. The number of rotatable bonds is 4. The first kappa shape index (κ1) is 20.7. The molecule has 1 aliphatic rings. The third-order valence-corrected chi connectivity index (χ3v) is 7.25. The molecular formula is C24H20ClN3O3S. The molecule has 0 radical (unpaired) electrons. The number of aryl methyl sites for hydroxylation is 2. The number of benzene rings is 2. The maximum absolute atomic E-state index is 13.5. The number of amides is 1. The number of thiophene rings is 1. The van der Waals surface area contributed by atoms with Gasteiger partial charge in [-0.2, -0.15) is 0 Å². The number of anilines is 1. The van der Waals surface area contributed by atoms with Gasteiger partial charge in [-0.05, 0) is 67.6 Å². The van der Waals surface area contributed by atoms with E-state index in [-0.39, 0.29) is 18.0 Å². The summed E-state index contributed by atoms with van der Waals surface area (Å²) in [5.41, 5.74) is 1.22. The number of nitrogens with one attached hydrogen (secondary N) is 1. The van der Waals surface area contributed by atoms with E-state index in [0.717, 1.165) is 40.7 Å². The molecule has 2 aromatic heterocycles. The second-order valence-corrected chi connectivity index (χ2v) is 9.31. The van der Waals surface area contributed by atoms with Crippen molar-refractivity contribution in [1.29, 1.82) is 0 Å². The van der Waals surface area contributed by atoms with Gasteiger partial charge in [0.15, 0.2) is 0 Å². The molecule has 0 bridgehead atoms. The molecule has 6 nitrogen and oxygen atoms in total. The van der Waals surface area contributed by atoms with Crippen molar-refractivity contribution in [3.05, 3.63) is 90.9 Å². The van der Waals surface area contributed by atoms with Crippen LogP contribution in [0.2, 0.25) is 5.02 Å². The van der Waals surface area contributed by atoms with Crippen LogP contribution in [0.4, 0.5) is 5.69 Å². The largest absolute Gasteiger partial charge is 0.337 e. The molecule has 0 aliphatic heterocycles. The van der Waals surface area contributed by atoms with Crippen LogP contribution in [0, 0.1) is 0 Å². The smallest absolute Gasteiger partial charge is 0.325 e. The van der Waals surface area contributed by atoms with E-state index in [2.05, 4.69) is 5.32 Å². The molecule has 0 saturated heterocycles. The molecule has 32 heavy (non-hydrogen) atoms. The van der Waals surface area contributed by atoms with Gasteiger partial charge in [-0.1, -0.05) is 29.8 Å². The minimum Gasteiger partial charge on any atom is -0.325 e. The molecule has 0 fully saturated rings. The minimum atomic E-state index is -0.536. The number of halogens is 1. The highest BCUT2D eigenvalue weighted by Crippen LogP contribution is 2.34. The molecule has 1 N–H and O–H groups in total. The van der Waals surface area contributed by atoms with Gasteiger partial charge in [0.05, 0.1) is 11.1 Å². The highest BCUT2D eigenvalue weighted by molar-refractivity contribution is 7.18. The van der Waals surface area contributed by atoms with E-state index in [1.54, 1.807) is 36.4 Å². The maximum atomic E-state index is 13.5. The first-order valence-corrected chi connectivity index (χ1v) is 11.6. The van der Waals surface area contributed by atoms with Gasteiger partial charge >= 0.3 is 5.69 Å². The topological polar surface area (TPSA) is 73.1 Å². The summed E-state index contributed by atoms with van der Waals surface area (Å²) in [5, 5.41) is 3.89. The summed E-state index contributed by atoms with van der Waals surface area (Å²) in [6.07, 6.45) is 3.76. The lowest BCUT2D eigenvalue weighted by atomic mass is 9.97. The summed E-state index contributed by atoms with van der Waals surface area (Å²) in [6, 6.07) is 15.7. The predicted octanol–water partition coefficient (Wildman–Crippen LogP) is 4.38. The summed E-state index contributed by atoms with van der Waals surface area (Å²) >= 11 is 7.46. The molecule has 0 atom stereocenters. The van der Waals surface area contributed by atoms with Crippen molar-refractivity contribution in [2.75, 3.05) is 5.32 Å². The van der Waals surface area contributed by atoms with Crippen molar-refractivity contribution < 1.29 is 4.79 Å². The zero-order valence-corrected chi connectivity index (χ0v) is 18.7. The fraction of sp³-hybridized carbons (Fsp3) is 0.208. The third kappa shape index (κ3) is 3.67. The quantitative estimate of drug-likeness (QED) is 0.486. The van der Waals surface area contributed by atoms with E-state index in [4.69, 9.17) is 11.6 Å². The van der Waals surface area contributed by atoms with Gasteiger partial charge in [0.25, 0.3) is 5.56 Å². The number of carbonyl (C=O) groups excluding carboxylic acids is 1. The van der Waals surface area contributed by atoms with Crippen LogP contribution in [0.1, 0.15) is 23.3 Å². The van der Waals surface area contributed by atoms with Crippen LogP contribution in [0.25, 0.3) is 15.9 Å². The maximum Gasteiger partial charge on any atom is 0.337 e. The lowest BCUT2D eigenvalue weighted by Crippen LogP contribution is -2.40. The minimum absolute atomic E-state index is 0.183. The zero-order chi connectivity index (χ0) is 22.2. The van der Waals surface area contributed by atoms with Crippen molar-refractivity contribution >= 4 is 44.7 Å². The fourth-order valence-corrected chi connectivity index (χ4v) is 5.69. The number of carbonyl (C=O) groups is 1. The SMILES string of the molecule is O=C(Cn1c(=O)n(-c2ccc(Cl)cc2)c(=O)c2c3c(sc21)CCCC3)Nc1ccccc1. The summed E-state index contributed by atoms with van der Waals surface area (Å²) in [6.45, 7) is -0.183. The molecule has 2 aromatic carbocycles. The summed E-state index contributed by atoms with van der Waals surface area (Å²) in [7, 11) is 0. The molecule has 162 valence electrons. The highest BCUT2D eigenvalue weighted by atomic mass is 35.5. The number of hydrogen-bond donors (Lipinski definition) is 1. The molecule has 0 spiro atoms. The molecular weight excluding hydrogens is 446 g/mol. The summed E-state index contributed by atoms with van der Waals surface area (Å²) < 4.78 is 2.57. The van der Waals surface area contributed by atoms with Crippen LogP contribution < -0.4 is 16.6 Å². The molecule has 0 unspecified atom stereocenters. The standard InChI is InChI=1S/C24H20ClN3O3S/c25-15-10-12-17(13-11-15)28-22(30)21-18-8-4-5-9-19(18)32-23(21)27(24(28)31)14-20(29)26-16-6-2-1-3-7-16/h1-3,6-7,10-13H,4-5,8-9,14H2,(H,26,29). The molecule has 0 saturated carbocycles. The van der Waals surface area contributed by atoms with Crippen LogP contribution in [-0.2, 0) is 24.2 Å². The monoisotopic (exact) mass is 465 g/mol. The molecule has 2 heterocycles. The van der Waals surface area contributed by atoms with Crippen LogP contribution in [0.3, 0.4) is 0 Å². The van der Waals surface area contributed by atoms with E-state index in [1.165, 1.54) is 15.9 Å². The van der Waals surface area contributed by atoms with Crippen LogP contribution in [0.5, 0.6) is 0 Å². The van der Waals surface area contributed by atoms with E-state index in [9.17, 15) is 14.4 Å². The average molecular weight is 466 g/mol. The Kier molecular flexibility index (Phi) is 5.45. The van der Waals surface area contributed by atoms with Gasteiger partial charge in [0.1, 0.15) is 11.4 Å². The van der Waals surface area contributed by atoms with E-state index < -0.39 is 5.69 Å². The Morgan fingerprint density at radius 1 is 1.00 bits per heavy atom. The van der Waals surface area contributed by atoms with Crippen molar-refractivity contribution in [1.82, 2.24) is 9.13 Å². The second-order valence-electron chi connectivity index (χ2n) is 7.79. The van der Waals surface area contributed by atoms with Crippen LogP contribution in [-0.4, -0.2) is 15.0 Å². The average Bonchev–Trinajstić information content (AvgIpc) is 3.18. The number of para-hydroxylation sites is 1. The van der Waals surface area contributed by atoms with Gasteiger partial charge < -0.3 is 5.32 Å². The lowest BCUT2D eigenvalue weighted by molar-refractivity contribution is -0.116. The Labute approximate surface area is 192 Å².